The lowest BCUT2D eigenvalue weighted by atomic mass is 10.2. The van der Waals surface area contributed by atoms with E-state index in [0.29, 0.717) is 28.4 Å². The third-order valence-corrected chi connectivity index (χ3v) is 3.63. The van der Waals surface area contributed by atoms with Crippen molar-refractivity contribution in [1.29, 1.82) is 0 Å². The predicted octanol–water partition coefficient (Wildman–Crippen LogP) is 4.83. The van der Waals surface area contributed by atoms with Gasteiger partial charge in [0.15, 0.2) is 5.75 Å². The Morgan fingerprint density at radius 3 is 2.33 bits per heavy atom. The number of carbonyl (C=O) groups excluding carboxylic acids is 2. The highest BCUT2D eigenvalue weighted by Gasteiger charge is 2.11. The molecule has 3 aromatic carbocycles. The van der Waals surface area contributed by atoms with E-state index in [1.807, 2.05) is 0 Å². The third-order valence-electron chi connectivity index (χ3n) is 3.63. The average Bonchev–Trinajstić information content (AvgIpc) is 2.63. The molecule has 0 aliphatic carbocycles. The van der Waals surface area contributed by atoms with Crippen LogP contribution in [0.15, 0.2) is 72.8 Å². The zero-order valence-electron chi connectivity index (χ0n) is 14.5. The lowest BCUT2D eigenvalue weighted by Crippen LogP contribution is -2.13. The lowest BCUT2D eigenvalue weighted by Gasteiger charge is -2.12. The fourth-order valence-electron chi connectivity index (χ4n) is 2.42. The van der Waals surface area contributed by atoms with Gasteiger partial charge >= 0.3 is 0 Å². The van der Waals surface area contributed by atoms with Crippen LogP contribution in [-0.2, 0) is 4.79 Å². The van der Waals surface area contributed by atoms with Crippen molar-refractivity contribution in [3.8, 4) is 11.5 Å². The van der Waals surface area contributed by atoms with Crippen molar-refractivity contribution in [3.05, 3.63) is 84.2 Å². The van der Waals surface area contributed by atoms with E-state index >= 15 is 0 Å². The van der Waals surface area contributed by atoms with Crippen molar-refractivity contribution >= 4 is 23.2 Å². The minimum absolute atomic E-state index is 0.185. The van der Waals surface area contributed by atoms with E-state index in [2.05, 4.69) is 10.6 Å². The molecule has 0 atom stereocenters. The van der Waals surface area contributed by atoms with E-state index in [1.165, 1.54) is 19.1 Å². The van der Waals surface area contributed by atoms with Crippen LogP contribution >= 0.6 is 0 Å². The summed E-state index contributed by atoms with van der Waals surface area (Å²) in [7, 11) is 0. The number of nitrogens with one attached hydrogen (secondary N) is 2. The molecule has 0 aliphatic heterocycles. The molecule has 3 rings (SSSR count). The molecule has 27 heavy (non-hydrogen) atoms. The first-order chi connectivity index (χ1) is 13.0. The Hall–Kier alpha value is -3.67. The van der Waals surface area contributed by atoms with Crippen LogP contribution in [0.5, 0.6) is 11.5 Å². The Bertz CT molecular complexity index is 971. The molecule has 3 aromatic rings. The summed E-state index contributed by atoms with van der Waals surface area (Å²) in [6.07, 6.45) is 0. The Balaban J connectivity index is 1.75. The van der Waals surface area contributed by atoms with Crippen LogP contribution < -0.4 is 15.4 Å². The van der Waals surface area contributed by atoms with Gasteiger partial charge < -0.3 is 15.4 Å². The molecule has 2 N–H and O–H groups in total. The number of ether oxygens (including phenoxy) is 1. The van der Waals surface area contributed by atoms with Gasteiger partial charge in [-0.05, 0) is 48.5 Å². The molecule has 136 valence electrons. The van der Waals surface area contributed by atoms with Crippen molar-refractivity contribution < 1.29 is 18.7 Å². The summed E-state index contributed by atoms with van der Waals surface area (Å²) in [5, 5.41) is 5.42. The maximum Gasteiger partial charge on any atom is 0.255 e. The SMILES string of the molecule is CC(=O)Nc1ccc(C(=O)Nc2ccccc2Oc2cccc(F)c2)cc1. The molecule has 0 aromatic heterocycles. The Labute approximate surface area is 155 Å². The highest BCUT2D eigenvalue weighted by molar-refractivity contribution is 6.05. The number of hydrogen-bond donors (Lipinski definition) is 2. The molecule has 0 heterocycles. The maximum atomic E-state index is 13.3. The minimum atomic E-state index is -0.409. The molecule has 0 saturated heterocycles. The average molecular weight is 364 g/mol. The number of para-hydroxylation sites is 2. The minimum Gasteiger partial charge on any atom is -0.455 e. The highest BCUT2D eigenvalue weighted by atomic mass is 19.1. The first kappa shape index (κ1) is 18.1. The summed E-state index contributed by atoms with van der Waals surface area (Å²) in [5.74, 6) is -0.203. The summed E-state index contributed by atoms with van der Waals surface area (Å²) >= 11 is 0. The van der Waals surface area contributed by atoms with Gasteiger partial charge in [0.25, 0.3) is 5.91 Å². The second-order valence-electron chi connectivity index (χ2n) is 5.77. The number of amides is 2. The summed E-state index contributed by atoms with van der Waals surface area (Å²) in [6, 6.07) is 19.2. The van der Waals surface area contributed by atoms with Crippen molar-refractivity contribution in [2.24, 2.45) is 0 Å². The number of hydrogen-bond acceptors (Lipinski definition) is 3. The van der Waals surface area contributed by atoms with Gasteiger partial charge in [0.05, 0.1) is 5.69 Å². The van der Waals surface area contributed by atoms with Gasteiger partial charge in [-0.25, -0.2) is 4.39 Å². The smallest absolute Gasteiger partial charge is 0.255 e. The van der Waals surface area contributed by atoms with Crippen LogP contribution in [0.3, 0.4) is 0 Å². The molecule has 0 spiro atoms. The Morgan fingerprint density at radius 2 is 1.63 bits per heavy atom. The molecule has 6 heteroatoms. The van der Waals surface area contributed by atoms with Gasteiger partial charge in [0.2, 0.25) is 5.91 Å². The molecule has 0 aliphatic rings. The Morgan fingerprint density at radius 1 is 0.889 bits per heavy atom. The number of halogens is 1. The van der Waals surface area contributed by atoms with E-state index in [0.717, 1.165) is 0 Å². The van der Waals surface area contributed by atoms with Crippen LogP contribution in [-0.4, -0.2) is 11.8 Å². The van der Waals surface area contributed by atoms with Crippen molar-refractivity contribution in [2.45, 2.75) is 6.92 Å². The van der Waals surface area contributed by atoms with Crippen molar-refractivity contribution in [2.75, 3.05) is 10.6 Å². The molecule has 0 fully saturated rings. The molecule has 0 radical (unpaired) electrons. The number of anilines is 2. The molecular formula is C21H17FN2O3. The monoisotopic (exact) mass is 364 g/mol. The van der Waals surface area contributed by atoms with Gasteiger partial charge in [0, 0.05) is 24.2 Å². The lowest BCUT2D eigenvalue weighted by molar-refractivity contribution is -0.114. The predicted molar refractivity (Wildman–Crippen MR) is 102 cm³/mol. The van der Waals surface area contributed by atoms with E-state index in [1.54, 1.807) is 60.7 Å². The zero-order chi connectivity index (χ0) is 19.2. The molecule has 5 nitrogen and oxygen atoms in total. The normalized spacial score (nSPS) is 10.1. The van der Waals surface area contributed by atoms with E-state index in [9.17, 15) is 14.0 Å². The number of carbonyl (C=O) groups is 2. The fourth-order valence-corrected chi connectivity index (χ4v) is 2.42. The van der Waals surface area contributed by atoms with E-state index in [4.69, 9.17) is 4.74 Å². The molecule has 0 unspecified atom stereocenters. The second kappa shape index (κ2) is 8.14. The van der Waals surface area contributed by atoms with Crippen molar-refractivity contribution in [1.82, 2.24) is 0 Å². The Kier molecular flexibility index (Phi) is 5.47. The van der Waals surface area contributed by atoms with Crippen molar-refractivity contribution in [3.63, 3.8) is 0 Å². The number of benzene rings is 3. The fraction of sp³-hybridized carbons (Fsp3) is 0.0476. The quantitative estimate of drug-likeness (QED) is 0.681. The first-order valence-corrected chi connectivity index (χ1v) is 8.23. The summed E-state index contributed by atoms with van der Waals surface area (Å²) in [5.41, 5.74) is 1.48. The molecule has 0 saturated carbocycles. The second-order valence-corrected chi connectivity index (χ2v) is 5.77. The largest absolute Gasteiger partial charge is 0.455 e. The molecular weight excluding hydrogens is 347 g/mol. The molecule has 2 amide bonds. The standard InChI is InChI=1S/C21H17FN2O3/c1-14(25)23-17-11-9-15(10-12-17)21(26)24-19-7-2-3-8-20(19)27-18-6-4-5-16(22)13-18/h2-13H,1H3,(H,23,25)(H,24,26). The van der Waals surface area contributed by atoms with Gasteiger partial charge in [-0.15, -0.1) is 0 Å². The van der Waals surface area contributed by atoms with E-state index in [-0.39, 0.29) is 11.8 Å². The summed E-state index contributed by atoms with van der Waals surface area (Å²) < 4.78 is 19.0. The van der Waals surface area contributed by atoms with E-state index < -0.39 is 5.82 Å². The molecule has 0 bridgehead atoms. The first-order valence-electron chi connectivity index (χ1n) is 8.23. The topological polar surface area (TPSA) is 67.4 Å². The zero-order valence-corrected chi connectivity index (χ0v) is 14.5. The maximum absolute atomic E-state index is 13.3. The third kappa shape index (κ3) is 4.92. The van der Waals surface area contributed by atoms with Crippen LogP contribution in [0.25, 0.3) is 0 Å². The van der Waals surface area contributed by atoms with Gasteiger partial charge in [0.1, 0.15) is 11.6 Å². The van der Waals surface area contributed by atoms with Crippen LogP contribution in [0.1, 0.15) is 17.3 Å². The van der Waals surface area contributed by atoms with Crippen LogP contribution in [0.4, 0.5) is 15.8 Å². The highest BCUT2D eigenvalue weighted by Crippen LogP contribution is 2.30. The number of rotatable bonds is 5. The summed E-state index contributed by atoms with van der Waals surface area (Å²) in [4.78, 5) is 23.5. The van der Waals surface area contributed by atoms with Gasteiger partial charge in [-0.2, -0.15) is 0 Å². The van der Waals surface area contributed by atoms with Crippen LogP contribution in [0.2, 0.25) is 0 Å². The van der Waals surface area contributed by atoms with Gasteiger partial charge in [-0.1, -0.05) is 18.2 Å². The van der Waals surface area contributed by atoms with Crippen LogP contribution in [0, 0.1) is 5.82 Å². The van der Waals surface area contributed by atoms with Gasteiger partial charge in [-0.3, -0.25) is 9.59 Å². The summed E-state index contributed by atoms with van der Waals surface area (Å²) in [6.45, 7) is 1.41.